The fraction of sp³-hybridized carbons (Fsp3) is 0.391. The Labute approximate surface area is 195 Å². The van der Waals surface area contributed by atoms with E-state index in [1.807, 2.05) is 19.1 Å². The fourth-order valence-electron chi connectivity index (χ4n) is 4.30. The van der Waals surface area contributed by atoms with Crippen molar-refractivity contribution >= 4 is 50.1 Å². The first-order valence-electron chi connectivity index (χ1n) is 11.0. The summed E-state index contributed by atoms with van der Waals surface area (Å²) in [5.41, 5.74) is 2.95. The summed E-state index contributed by atoms with van der Waals surface area (Å²) in [5, 5.41) is 12.5. The Hall–Kier alpha value is -3.40. The summed E-state index contributed by atoms with van der Waals surface area (Å²) in [6.45, 7) is 2.74. The number of aryl methyl sites for hydroxylation is 1. The lowest BCUT2D eigenvalue weighted by Crippen LogP contribution is -2.33. The van der Waals surface area contributed by atoms with Gasteiger partial charge >= 0.3 is 6.09 Å². The molecule has 33 heavy (non-hydrogen) atoms. The average Bonchev–Trinajstić information content (AvgIpc) is 3.42. The minimum Gasteiger partial charge on any atom is -0.494 e. The molecule has 1 aliphatic carbocycles. The molecule has 5 rings (SSSR count). The molecule has 10 heteroatoms. The zero-order chi connectivity index (χ0) is 22.9. The molecule has 0 radical (unpaired) electrons. The zero-order valence-corrected chi connectivity index (χ0v) is 19.7. The molecule has 172 valence electrons. The predicted octanol–water partition coefficient (Wildman–Crippen LogP) is 4.66. The van der Waals surface area contributed by atoms with E-state index >= 15 is 0 Å². The second kappa shape index (κ2) is 8.86. The van der Waals surface area contributed by atoms with Gasteiger partial charge in [0.25, 0.3) is 0 Å². The fourth-order valence-corrected chi connectivity index (χ4v) is 5.55. The maximum Gasteiger partial charge on any atom is 0.409 e. The lowest BCUT2D eigenvalue weighted by atomic mass is 9.94. The molecular formula is C23H26N6O3S. The van der Waals surface area contributed by atoms with Crippen molar-refractivity contribution in [2.45, 2.75) is 38.7 Å². The van der Waals surface area contributed by atoms with Gasteiger partial charge in [0.05, 0.1) is 29.9 Å². The average molecular weight is 467 g/mol. The van der Waals surface area contributed by atoms with E-state index < -0.39 is 0 Å². The smallest absolute Gasteiger partial charge is 0.409 e. The maximum absolute atomic E-state index is 12.3. The van der Waals surface area contributed by atoms with Gasteiger partial charge in [-0.15, -0.1) is 11.3 Å². The number of H-pyrrole nitrogens is 1. The molecule has 9 nitrogen and oxygen atoms in total. The van der Waals surface area contributed by atoms with E-state index in [1.165, 1.54) is 10.4 Å². The highest BCUT2D eigenvalue weighted by molar-refractivity contribution is 7.19. The van der Waals surface area contributed by atoms with Crippen LogP contribution in [0.15, 0.2) is 24.7 Å². The van der Waals surface area contributed by atoms with Crippen molar-refractivity contribution in [3.05, 3.63) is 35.1 Å². The molecule has 0 saturated heterocycles. The normalized spacial score (nSPS) is 15.4. The first-order valence-corrected chi connectivity index (χ1v) is 11.8. The van der Waals surface area contributed by atoms with Crippen molar-refractivity contribution in [3.63, 3.8) is 0 Å². The third kappa shape index (κ3) is 4.06. The van der Waals surface area contributed by atoms with Crippen LogP contribution in [-0.2, 0) is 17.6 Å². The van der Waals surface area contributed by atoms with E-state index in [0.29, 0.717) is 18.7 Å². The van der Waals surface area contributed by atoms with Crippen LogP contribution in [0.25, 0.3) is 21.1 Å². The van der Waals surface area contributed by atoms with Gasteiger partial charge in [-0.05, 0) is 30.9 Å². The SMILES string of the molecule is CCCN(C)C(=O)OC1CCc2c(sc3ncnc(Nc4cc5cn[nH]c5cc4OC)c23)C1. The van der Waals surface area contributed by atoms with Crippen molar-refractivity contribution < 1.29 is 14.3 Å². The molecule has 0 saturated carbocycles. The van der Waals surface area contributed by atoms with Gasteiger partial charge in [-0.2, -0.15) is 5.10 Å². The number of amides is 1. The zero-order valence-electron chi connectivity index (χ0n) is 18.8. The Balaban J connectivity index is 1.43. The van der Waals surface area contributed by atoms with E-state index in [1.54, 1.807) is 42.9 Å². The van der Waals surface area contributed by atoms with Crippen molar-refractivity contribution in [1.29, 1.82) is 0 Å². The van der Waals surface area contributed by atoms with Crippen LogP contribution >= 0.6 is 11.3 Å². The van der Waals surface area contributed by atoms with Gasteiger partial charge in [-0.3, -0.25) is 5.10 Å². The molecule has 1 aliphatic rings. The van der Waals surface area contributed by atoms with Gasteiger partial charge in [0.15, 0.2) is 0 Å². The number of hydrogen-bond donors (Lipinski definition) is 2. The summed E-state index contributed by atoms with van der Waals surface area (Å²) in [5.74, 6) is 1.45. The number of hydrogen-bond acceptors (Lipinski definition) is 8. The number of methoxy groups -OCH3 is 1. The number of rotatable bonds is 6. The standard InChI is InChI=1S/C23H26N6O3S/c1-4-7-29(2)23(30)32-14-5-6-15-19(9-14)33-22-20(15)21(24-12-25-22)27-17-8-13-11-26-28-16(13)10-18(17)31-3/h8,10-12,14H,4-7,9H2,1-3H3,(H,26,28)(H,24,25,27). The van der Waals surface area contributed by atoms with Crippen molar-refractivity contribution in [2.24, 2.45) is 0 Å². The molecular weight excluding hydrogens is 440 g/mol. The topological polar surface area (TPSA) is 105 Å². The van der Waals surface area contributed by atoms with E-state index in [-0.39, 0.29) is 12.2 Å². The van der Waals surface area contributed by atoms with Crippen LogP contribution in [0.1, 0.15) is 30.2 Å². The highest BCUT2D eigenvalue weighted by Crippen LogP contribution is 2.41. The van der Waals surface area contributed by atoms with Crippen LogP contribution in [-0.4, -0.2) is 58.0 Å². The predicted molar refractivity (Wildman–Crippen MR) is 129 cm³/mol. The summed E-state index contributed by atoms with van der Waals surface area (Å²) in [6, 6.07) is 3.91. The van der Waals surface area contributed by atoms with Gasteiger partial charge in [0, 0.05) is 36.3 Å². The van der Waals surface area contributed by atoms with Crippen molar-refractivity contribution in [2.75, 3.05) is 26.0 Å². The lowest BCUT2D eigenvalue weighted by molar-refractivity contribution is 0.0633. The van der Waals surface area contributed by atoms with Crippen LogP contribution < -0.4 is 10.1 Å². The summed E-state index contributed by atoms with van der Waals surface area (Å²) < 4.78 is 11.3. The number of nitrogens with zero attached hydrogens (tertiary/aromatic N) is 4. The lowest BCUT2D eigenvalue weighted by Gasteiger charge is -2.25. The molecule has 0 spiro atoms. The monoisotopic (exact) mass is 466 g/mol. The van der Waals surface area contributed by atoms with Crippen LogP contribution in [0, 0.1) is 0 Å². The number of carbonyl (C=O) groups excluding carboxylic acids is 1. The third-order valence-electron chi connectivity index (χ3n) is 5.95. The van der Waals surface area contributed by atoms with Crippen LogP contribution in [0.5, 0.6) is 5.75 Å². The Kier molecular flexibility index (Phi) is 5.76. The quantitative estimate of drug-likeness (QED) is 0.426. The van der Waals surface area contributed by atoms with Gasteiger partial charge < -0.3 is 19.7 Å². The number of benzene rings is 1. The van der Waals surface area contributed by atoms with E-state index in [2.05, 4.69) is 25.5 Å². The number of anilines is 2. The molecule has 1 amide bonds. The molecule has 0 fully saturated rings. The number of aromatic nitrogens is 4. The summed E-state index contributed by atoms with van der Waals surface area (Å²) in [4.78, 5) is 25.2. The van der Waals surface area contributed by atoms with Gasteiger partial charge in [-0.1, -0.05) is 6.92 Å². The highest BCUT2D eigenvalue weighted by atomic mass is 32.1. The molecule has 0 aliphatic heterocycles. The highest BCUT2D eigenvalue weighted by Gasteiger charge is 2.28. The molecule has 2 N–H and O–H groups in total. The Morgan fingerprint density at radius 2 is 2.24 bits per heavy atom. The second-order valence-corrected chi connectivity index (χ2v) is 9.29. The van der Waals surface area contributed by atoms with E-state index in [0.717, 1.165) is 51.9 Å². The summed E-state index contributed by atoms with van der Waals surface area (Å²) in [6.07, 6.45) is 6.18. The third-order valence-corrected chi connectivity index (χ3v) is 7.11. The molecule has 3 heterocycles. The Bertz CT molecular complexity index is 1320. The number of carbonyl (C=O) groups is 1. The molecule has 3 aromatic heterocycles. The van der Waals surface area contributed by atoms with Crippen molar-refractivity contribution in [3.8, 4) is 5.75 Å². The molecule has 1 atom stereocenters. The van der Waals surface area contributed by atoms with Crippen molar-refractivity contribution in [1.82, 2.24) is 25.1 Å². The van der Waals surface area contributed by atoms with Crippen LogP contribution in [0.4, 0.5) is 16.3 Å². The number of aromatic amines is 1. The van der Waals surface area contributed by atoms with E-state index in [9.17, 15) is 4.79 Å². The number of thiophene rings is 1. The molecule has 4 aromatic rings. The van der Waals surface area contributed by atoms with E-state index in [4.69, 9.17) is 9.47 Å². The van der Waals surface area contributed by atoms with Gasteiger partial charge in [0.2, 0.25) is 0 Å². The van der Waals surface area contributed by atoms with Crippen LogP contribution in [0.3, 0.4) is 0 Å². The molecule has 1 aromatic carbocycles. The number of ether oxygens (including phenoxy) is 2. The number of fused-ring (bicyclic) bond motifs is 4. The minimum atomic E-state index is -0.254. The molecule has 0 bridgehead atoms. The van der Waals surface area contributed by atoms with Gasteiger partial charge in [-0.25, -0.2) is 14.8 Å². The summed E-state index contributed by atoms with van der Waals surface area (Å²) >= 11 is 1.65. The maximum atomic E-state index is 12.3. The number of nitrogens with one attached hydrogen (secondary N) is 2. The Morgan fingerprint density at radius 1 is 1.36 bits per heavy atom. The minimum absolute atomic E-state index is 0.120. The summed E-state index contributed by atoms with van der Waals surface area (Å²) in [7, 11) is 3.42. The first-order chi connectivity index (χ1) is 16.1. The first kappa shape index (κ1) is 21.4. The second-order valence-electron chi connectivity index (χ2n) is 8.21. The largest absolute Gasteiger partial charge is 0.494 e. The Morgan fingerprint density at radius 3 is 3.06 bits per heavy atom. The van der Waals surface area contributed by atoms with Crippen LogP contribution in [0.2, 0.25) is 0 Å². The molecule has 1 unspecified atom stereocenters. The van der Waals surface area contributed by atoms with Gasteiger partial charge in [0.1, 0.15) is 28.8 Å².